The number of nitrogens with zero attached hydrogens (tertiary/aromatic N) is 3. The Kier molecular flexibility index (Phi) is 2.90. The van der Waals surface area contributed by atoms with Gasteiger partial charge in [0.25, 0.3) is 0 Å². The van der Waals surface area contributed by atoms with Gasteiger partial charge in [0.2, 0.25) is 0 Å². The molecule has 3 aromatic heterocycles. The average molecular weight is 363 g/mol. The number of rotatable bonds is 0. The second-order valence-corrected chi connectivity index (χ2v) is 6.85. The highest BCUT2D eigenvalue weighted by atomic mass is 16.5. The van der Waals surface area contributed by atoms with Gasteiger partial charge in [0.1, 0.15) is 11.2 Å². The second kappa shape index (κ2) is 5.33. The van der Waals surface area contributed by atoms with Gasteiger partial charge in [-0.25, -0.2) is 0 Å². The minimum atomic E-state index is -0.839. The van der Waals surface area contributed by atoms with Gasteiger partial charge in [-0.3, -0.25) is 19.7 Å². The summed E-state index contributed by atoms with van der Waals surface area (Å²) in [5.74, 6) is 1.30. The van der Waals surface area contributed by atoms with Gasteiger partial charge in [-0.2, -0.15) is 0 Å². The van der Waals surface area contributed by atoms with Crippen molar-refractivity contribution >= 4 is 5.78 Å². The lowest BCUT2D eigenvalue weighted by Crippen LogP contribution is -2.41. The van der Waals surface area contributed by atoms with Crippen LogP contribution in [0.2, 0.25) is 0 Å². The number of ketones is 1. The van der Waals surface area contributed by atoms with Gasteiger partial charge in [0, 0.05) is 40.8 Å². The Balaban J connectivity index is 1.88. The molecule has 1 aliphatic heterocycles. The lowest BCUT2D eigenvalue weighted by Gasteiger charge is -2.42. The highest BCUT2D eigenvalue weighted by molar-refractivity contribution is 6.13. The van der Waals surface area contributed by atoms with Crippen LogP contribution in [0, 0.1) is 0 Å². The van der Waals surface area contributed by atoms with Crippen LogP contribution >= 0.6 is 0 Å². The fraction of sp³-hybridized carbons (Fsp3) is 0.0435. The summed E-state index contributed by atoms with van der Waals surface area (Å²) in [6, 6.07) is 17.0. The topological polar surface area (TPSA) is 65.0 Å². The number of ether oxygens (including phenoxy) is 1. The molecule has 0 amide bonds. The number of benzene rings is 1. The number of hydrogen-bond donors (Lipinski definition) is 0. The summed E-state index contributed by atoms with van der Waals surface area (Å²) in [6.45, 7) is 0. The van der Waals surface area contributed by atoms with E-state index in [2.05, 4.69) is 4.98 Å². The number of hydrogen-bond acceptors (Lipinski definition) is 5. The van der Waals surface area contributed by atoms with Gasteiger partial charge >= 0.3 is 0 Å². The van der Waals surface area contributed by atoms with E-state index in [0.717, 1.165) is 11.1 Å². The van der Waals surface area contributed by atoms with Crippen LogP contribution in [0.4, 0.5) is 0 Å². The monoisotopic (exact) mass is 363 g/mol. The molecule has 1 aliphatic carbocycles. The summed E-state index contributed by atoms with van der Waals surface area (Å²) in [4.78, 5) is 26.9. The highest BCUT2D eigenvalue weighted by Gasteiger charge is 2.53. The van der Waals surface area contributed by atoms with E-state index in [1.807, 2.05) is 42.5 Å². The van der Waals surface area contributed by atoms with Crippen LogP contribution < -0.4 is 4.74 Å². The van der Waals surface area contributed by atoms with Crippen molar-refractivity contribution < 1.29 is 9.53 Å². The van der Waals surface area contributed by atoms with E-state index in [-0.39, 0.29) is 5.78 Å². The number of pyridine rings is 3. The predicted molar refractivity (Wildman–Crippen MR) is 102 cm³/mol. The van der Waals surface area contributed by atoms with Crippen LogP contribution in [0.25, 0.3) is 0 Å². The van der Waals surface area contributed by atoms with Crippen LogP contribution in [0.15, 0.2) is 79.4 Å². The van der Waals surface area contributed by atoms with Crippen molar-refractivity contribution in [2.24, 2.45) is 0 Å². The van der Waals surface area contributed by atoms with Crippen molar-refractivity contribution in [1.82, 2.24) is 15.0 Å². The van der Waals surface area contributed by atoms with E-state index in [1.165, 1.54) is 0 Å². The maximum absolute atomic E-state index is 13.2. The summed E-state index contributed by atoms with van der Waals surface area (Å²) >= 11 is 0. The van der Waals surface area contributed by atoms with Crippen molar-refractivity contribution in [3.05, 3.63) is 113 Å². The van der Waals surface area contributed by atoms with Crippen molar-refractivity contribution in [3.8, 4) is 11.5 Å². The number of aromatic nitrogens is 3. The molecule has 0 bridgehead atoms. The third-order valence-corrected chi connectivity index (χ3v) is 5.51. The standard InChI is InChI=1S/C23H13N3O2/c27-20-14-5-3-10-25-21(14)23(22-15(20)6-4-11-26-22)16-7-1-2-8-18(16)28-19-13-24-12-9-17(19)23/h1-13H. The fourth-order valence-corrected chi connectivity index (χ4v) is 4.44. The lowest BCUT2D eigenvalue weighted by molar-refractivity contribution is 0.103. The predicted octanol–water partition coefficient (Wildman–Crippen LogP) is 3.90. The van der Waals surface area contributed by atoms with Crippen LogP contribution in [0.5, 0.6) is 11.5 Å². The van der Waals surface area contributed by atoms with Crippen LogP contribution in [-0.4, -0.2) is 20.7 Å². The number of carbonyl (C=O) groups is 1. The maximum Gasteiger partial charge on any atom is 0.196 e. The molecule has 0 N–H and O–H groups in total. The molecule has 0 radical (unpaired) electrons. The van der Waals surface area contributed by atoms with Crippen molar-refractivity contribution in [2.45, 2.75) is 5.41 Å². The molecule has 6 rings (SSSR count). The van der Waals surface area contributed by atoms with Crippen LogP contribution in [0.3, 0.4) is 0 Å². The zero-order valence-corrected chi connectivity index (χ0v) is 14.7. The zero-order valence-electron chi connectivity index (χ0n) is 14.7. The Hall–Kier alpha value is -3.86. The van der Waals surface area contributed by atoms with E-state index >= 15 is 0 Å². The van der Waals surface area contributed by atoms with Crippen molar-refractivity contribution in [2.75, 3.05) is 0 Å². The fourth-order valence-electron chi connectivity index (χ4n) is 4.44. The molecule has 0 saturated carbocycles. The molecule has 0 saturated heterocycles. The largest absolute Gasteiger partial charge is 0.455 e. The van der Waals surface area contributed by atoms with Gasteiger partial charge in [-0.15, -0.1) is 0 Å². The molecular formula is C23H13N3O2. The third-order valence-electron chi connectivity index (χ3n) is 5.51. The Morgan fingerprint density at radius 3 is 2.14 bits per heavy atom. The molecule has 28 heavy (non-hydrogen) atoms. The van der Waals surface area contributed by atoms with Gasteiger partial charge in [-0.05, 0) is 36.4 Å². The number of carbonyl (C=O) groups excluding carboxylic acids is 1. The molecule has 1 aromatic carbocycles. The van der Waals surface area contributed by atoms with E-state index in [4.69, 9.17) is 14.7 Å². The first kappa shape index (κ1) is 15.2. The Morgan fingerprint density at radius 1 is 0.714 bits per heavy atom. The second-order valence-electron chi connectivity index (χ2n) is 6.85. The Labute approximate surface area is 160 Å². The van der Waals surface area contributed by atoms with E-state index in [1.54, 1.807) is 36.9 Å². The zero-order chi connectivity index (χ0) is 18.7. The van der Waals surface area contributed by atoms with Gasteiger partial charge < -0.3 is 4.74 Å². The molecule has 4 aromatic rings. The minimum absolute atomic E-state index is 0.0589. The minimum Gasteiger partial charge on any atom is -0.455 e. The maximum atomic E-state index is 13.2. The molecule has 1 spiro atoms. The number of para-hydroxylation sites is 1. The number of fused-ring (bicyclic) bond motifs is 8. The molecule has 0 fully saturated rings. The first-order chi connectivity index (χ1) is 13.8. The third kappa shape index (κ3) is 1.71. The van der Waals surface area contributed by atoms with E-state index < -0.39 is 5.41 Å². The van der Waals surface area contributed by atoms with Crippen LogP contribution in [-0.2, 0) is 5.41 Å². The average Bonchev–Trinajstić information content (AvgIpc) is 2.77. The van der Waals surface area contributed by atoms with Crippen molar-refractivity contribution in [1.29, 1.82) is 0 Å². The summed E-state index contributed by atoms with van der Waals surface area (Å²) in [5.41, 5.74) is 3.48. The quantitative estimate of drug-likeness (QED) is 0.409. The molecule has 2 aliphatic rings. The molecule has 132 valence electrons. The molecule has 4 heterocycles. The van der Waals surface area contributed by atoms with Gasteiger partial charge in [0.15, 0.2) is 11.5 Å². The van der Waals surface area contributed by atoms with Gasteiger partial charge in [0.05, 0.1) is 17.6 Å². The normalized spacial score (nSPS) is 15.1. The SMILES string of the molecule is O=C1c2cccnc2C2(c3ccccc3Oc3cnccc32)c2ncccc21. The van der Waals surface area contributed by atoms with Gasteiger partial charge in [-0.1, -0.05) is 18.2 Å². The molecule has 0 unspecified atom stereocenters. The molecule has 0 atom stereocenters. The Bertz CT molecular complexity index is 1190. The van der Waals surface area contributed by atoms with E-state index in [9.17, 15) is 4.79 Å². The van der Waals surface area contributed by atoms with Crippen molar-refractivity contribution in [3.63, 3.8) is 0 Å². The van der Waals surface area contributed by atoms with Crippen LogP contribution in [0.1, 0.15) is 38.4 Å². The molecular weight excluding hydrogens is 350 g/mol. The highest BCUT2D eigenvalue weighted by Crippen LogP contribution is 2.56. The molecule has 5 heteroatoms. The first-order valence-corrected chi connectivity index (χ1v) is 8.99. The Morgan fingerprint density at radius 2 is 1.39 bits per heavy atom. The van der Waals surface area contributed by atoms with E-state index in [0.29, 0.717) is 34.0 Å². The molecule has 5 nitrogen and oxygen atoms in total. The lowest BCUT2D eigenvalue weighted by atomic mass is 9.62. The summed E-state index contributed by atoms with van der Waals surface area (Å²) < 4.78 is 6.16. The summed E-state index contributed by atoms with van der Waals surface area (Å²) in [5, 5.41) is 0. The summed E-state index contributed by atoms with van der Waals surface area (Å²) in [6.07, 6.45) is 6.88. The smallest absolute Gasteiger partial charge is 0.196 e. The first-order valence-electron chi connectivity index (χ1n) is 8.99. The summed E-state index contributed by atoms with van der Waals surface area (Å²) in [7, 11) is 0.